The Morgan fingerprint density at radius 3 is 0.667 bits per heavy atom. The normalized spacial score (nSPS) is 9.67. The molecule has 0 spiro atoms. The summed E-state index contributed by atoms with van der Waals surface area (Å²) in [6, 6.07) is 0. The number of hydrogen-bond donors (Lipinski definition) is 4. The summed E-state index contributed by atoms with van der Waals surface area (Å²) in [4.78, 5) is 0. The van der Waals surface area contributed by atoms with Gasteiger partial charge in [0.15, 0.2) is 17.4 Å². The van der Waals surface area contributed by atoms with Crippen molar-refractivity contribution < 1.29 is 35.0 Å². The second kappa shape index (κ2) is 9.40. The standard InChI is InChI=1S/Al.Ba.2H2O4S.5H/c;;2*1-5(2,3)4;;;;;/h;;2*(H2,1,2,3,4);;;;;. The van der Waals surface area contributed by atoms with Crippen LogP contribution in [0.25, 0.3) is 0 Å². The first-order chi connectivity index (χ1) is 4.00. The molecular formula is H9AlBaO8S2. The monoisotopic (exact) mass is 366 g/mol. The van der Waals surface area contributed by atoms with Crippen molar-refractivity contribution in [1.29, 1.82) is 0 Å². The molecule has 0 aromatic heterocycles. The topological polar surface area (TPSA) is 149 Å². The molecule has 0 aliphatic heterocycles. The van der Waals surface area contributed by atoms with Gasteiger partial charge in [-0.15, -0.1) is 0 Å². The minimum absolute atomic E-state index is 0. The van der Waals surface area contributed by atoms with Gasteiger partial charge in [-0.2, -0.15) is 16.8 Å². The summed E-state index contributed by atoms with van der Waals surface area (Å²) in [5, 5.41) is 0. The Labute approximate surface area is 120 Å². The van der Waals surface area contributed by atoms with Gasteiger partial charge in [-0.1, -0.05) is 0 Å². The van der Waals surface area contributed by atoms with Crippen molar-refractivity contribution in [2.75, 3.05) is 0 Å². The summed E-state index contributed by atoms with van der Waals surface area (Å²) in [5.41, 5.74) is 0. The van der Waals surface area contributed by atoms with Gasteiger partial charge in [0.2, 0.25) is 0 Å². The summed E-state index contributed by atoms with van der Waals surface area (Å²) in [7, 11) is -9.33. The molecule has 0 rings (SSSR count). The van der Waals surface area contributed by atoms with Crippen LogP contribution in [0, 0.1) is 0 Å². The maximum absolute atomic E-state index is 8.74. The molecule has 74 valence electrons. The zero-order valence-electron chi connectivity index (χ0n) is 4.24. The molecule has 0 atom stereocenters. The fourth-order valence-electron chi connectivity index (χ4n) is 0. The fourth-order valence-corrected chi connectivity index (χ4v) is 0. The molecule has 0 aliphatic rings. The van der Waals surface area contributed by atoms with Crippen LogP contribution >= 0.6 is 0 Å². The van der Waals surface area contributed by atoms with Gasteiger partial charge in [-0.05, 0) is 0 Å². The van der Waals surface area contributed by atoms with Crippen LogP contribution in [0.1, 0.15) is 0 Å². The van der Waals surface area contributed by atoms with E-state index in [0.717, 1.165) is 0 Å². The molecule has 8 nitrogen and oxygen atoms in total. The van der Waals surface area contributed by atoms with Crippen molar-refractivity contribution in [2.24, 2.45) is 0 Å². The Balaban J connectivity index is -0.0000000457. The Hall–Kier alpha value is 1.84. The number of rotatable bonds is 0. The Morgan fingerprint density at radius 2 is 0.667 bits per heavy atom. The van der Waals surface area contributed by atoms with E-state index in [2.05, 4.69) is 0 Å². The van der Waals surface area contributed by atoms with E-state index in [-0.39, 0.29) is 66.2 Å². The van der Waals surface area contributed by atoms with Crippen molar-refractivity contribution in [2.45, 2.75) is 0 Å². The van der Waals surface area contributed by atoms with E-state index in [9.17, 15) is 0 Å². The molecule has 4 N–H and O–H groups in total. The van der Waals surface area contributed by atoms with E-state index >= 15 is 0 Å². The summed E-state index contributed by atoms with van der Waals surface area (Å²) in [6.45, 7) is 0. The van der Waals surface area contributed by atoms with Crippen molar-refractivity contribution in [3.8, 4) is 0 Å². The van der Waals surface area contributed by atoms with E-state index < -0.39 is 20.8 Å². The van der Waals surface area contributed by atoms with Gasteiger partial charge in [0.05, 0.1) is 0 Å². The van der Waals surface area contributed by atoms with E-state index in [1.807, 2.05) is 0 Å². The van der Waals surface area contributed by atoms with Crippen molar-refractivity contribution in [3.05, 3.63) is 0 Å². The van der Waals surface area contributed by atoms with E-state index in [1.165, 1.54) is 0 Å². The van der Waals surface area contributed by atoms with Crippen molar-refractivity contribution in [1.82, 2.24) is 0 Å². The average Bonchev–Trinajstić information content (AvgIpc) is 1.12. The summed E-state index contributed by atoms with van der Waals surface area (Å²) in [5.74, 6) is 0. The summed E-state index contributed by atoms with van der Waals surface area (Å²) in [6.07, 6.45) is 0. The predicted octanol–water partition coefficient (Wildman–Crippen LogP) is -3.41. The van der Waals surface area contributed by atoms with Crippen LogP contribution in [0.15, 0.2) is 0 Å². The minimum atomic E-state index is -4.67. The molecule has 0 aromatic carbocycles. The fraction of sp³-hybridized carbons (Fsp3) is 0. The molecule has 0 fully saturated rings. The molecule has 12 heteroatoms. The Morgan fingerprint density at radius 1 is 0.667 bits per heavy atom. The van der Waals surface area contributed by atoms with Crippen LogP contribution < -0.4 is 0 Å². The van der Waals surface area contributed by atoms with Crippen LogP contribution in [0.2, 0.25) is 0 Å². The molecule has 0 saturated carbocycles. The summed E-state index contributed by atoms with van der Waals surface area (Å²) < 4.78 is 63.2. The second-order valence-corrected chi connectivity index (χ2v) is 2.69. The average molecular weight is 366 g/mol. The second-order valence-electron chi connectivity index (χ2n) is 0.896. The molecule has 12 heavy (non-hydrogen) atoms. The number of hydrogen-bond acceptors (Lipinski definition) is 4. The molecule has 0 aromatic rings. The quantitative estimate of drug-likeness (QED) is 0.256. The SMILES string of the molecule is O=S(=O)(O)O.O=S(=O)(O)O.[AlH3].[BaH2]. The third-order valence-electron chi connectivity index (χ3n) is 0. The zero-order valence-corrected chi connectivity index (χ0v) is 5.87. The van der Waals surface area contributed by atoms with E-state index in [1.54, 1.807) is 0 Å². The predicted molar refractivity (Wildman–Crippen MR) is 46.8 cm³/mol. The molecule has 0 bridgehead atoms. The molecule has 0 amide bonds. The van der Waals surface area contributed by atoms with E-state index in [0.29, 0.717) is 0 Å². The third kappa shape index (κ3) is 410. The molecule has 0 unspecified atom stereocenters. The van der Waals surface area contributed by atoms with Gasteiger partial charge in [0, 0.05) is 0 Å². The molecule has 0 aliphatic carbocycles. The van der Waals surface area contributed by atoms with Gasteiger partial charge in [0.1, 0.15) is 0 Å². The molecule has 0 saturated heterocycles. The third-order valence-corrected chi connectivity index (χ3v) is 0. The van der Waals surface area contributed by atoms with Gasteiger partial charge in [-0.25, -0.2) is 0 Å². The Kier molecular flexibility index (Phi) is 18.5. The first-order valence-electron chi connectivity index (χ1n) is 1.40. The van der Waals surface area contributed by atoms with Crippen LogP contribution in [0.4, 0.5) is 0 Å². The molecular weight excluding hydrogens is 356 g/mol. The van der Waals surface area contributed by atoms with Gasteiger partial charge in [0.25, 0.3) is 0 Å². The first kappa shape index (κ1) is 23.6. The Bertz CT molecular complexity index is 213. The van der Waals surface area contributed by atoms with Crippen molar-refractivity contribution >= 4 is 87.0 Å². The first-order valence-corrected chi connectivity index (χ1v) is 4.19. The molecule has 0 heterocycles. The van der Waals surface area contributed by atoms with Gasteiger partial charge in [-0.3, -0.25) is 18.2 Å². The van der Waals surface area contributed by atoms with Crippen LogP contribution in [-0.2, 0) is 20.8 Å². The van der Waals surface area contributed by atoms with E-state index in [4.69, 9.17) is 35.0 Å². The molecule has 0 radical (unpaired) electrons. The van der Waals surface area contributed by atoms with Gasteiger partial charge >= 0.3 is 69.7 Å². The van der Waals surface area contributed by atoms with Gasteiger partial charge < -0.3 is 0 Å². The van der Waals surface area contributed by atoms with Crippen LogP contribution in [0.5, 0.6) is 0 Å². The van der Waals surface area contributed by atoms with Crippen LogP contribution in [-0.4, -0.2) is 101 Å². The van der Waals surface area contributed by atoms with Crippen molar-refractivity contribution in [3.63, 3.8) is 0 Å². The zero-order chi connectivity index (χ0) is 9.00. The van der Waals surface area contributed by atoms with Crippen LogP contribution in [0.3, 0.4) is 0 Å². The maximum atomic E-state index is 8.74. The summed E-state index contributed by atoms with van der Waals surface area (Å²) >= 11 is 0.